The normalized spacial score (nSPS) is 16.0. The second-order valence-electron chi connectivity index (χ2n) is 5.07. The number of hydrogen-bond acceptors (Lipinski definition) is 6. The third-order valence-corrected chi connectivity index (χ3v) is 4.52. The molecule has 1 fully saturated rings. The lowest BCUT2D eigenvalue weighted by Crippen LogP contribution is -2.26. The largest absolute Gasteiger partial charge is 0.497 e. The monoisotopic (exact) mass is 305 g/mol. The first kappa shape index (κ1) is 14.4. The predicted octanol–water partition coefficient (Wildman–Crippen LogP) is 2.84. The Labute approximate surface area is 128 Å². The summed E-state index contributed by atoms with van der Waals surface area (Å²) in [7, 11) is 1.67. The van der Waals surface area contributed by atoms with Crippen molar-refractivity contribution in [3.63, 3.8) is 0 Å². The van der Waals surface area contributed by atoms with Crippen molar-refractivity contribution in [3.8, 4) is 5.75 Å². The highest BCUT2D eigenvalue weighted by molar-refractivity contribution is 7.98. The topological polar surface area (TPSA) is 60.2 Å². The Morgan fingerprint density at radius 1 is 1.24 bits per heavy atom. The number of methoxy groups -OCH3 is 1. The van der Waals surface area contributed by atoms with E-state index < -0.39 is 0 Å². The lowest BCUT2D eigenvalue weighted by molar-refractivity contribution is 0.342. The van der Waals surface area contributed by atoms with E-state index in [4.69, 9.17) is 9.15 Å². The van der Waals surface area contributed by atoms with Crippen LogP contribution in [0.3, 0.4) is 0 Å². The summed E-state index contributed by atoms with van der Waals surface area (Å²) >= 11 is 1.58. The molecule has 1 aromatic carbocycles. The van der Waals surface area contributed by atoms with Crippen LogP contribution in [-0.4, -0.2) is 30.4 Å². The smallest absolute Gasteiger partial charge is 0.276 e. The maximum Gasteiger partial charge on any atom is 0.276 e. The number of aromatic nitrogens is 2. The number of hydrogen-bond donors (Lipinski definition) is 1. The van der Waals surface area contributed by atoms with Gasteiger partial charge in [-0.1, -0.05) is 23.9 Å². The maximum absolute atomic E-state index is 5.78. The van der Waals surface area contributed by atoms with Crippen LogP contribution in [0.4, 0.5) is 0 Å². The van der Waals surface area contributed by atoms with E-state index in [1.807, 2.05) is 12.1 Å². The molecule has 0 atom stereocenters. The summed E-state index contributed by atoms with van der Waals surface area (Å²) in [6.45, 7) is 2.06. The summed E-state index contributed by atoms with van der Waals surface area (Å²) in [6.07, 6.45) is 2.15. The van der Waals surface area contributed by atoms with Crippen molar-refractivity contribution in [3.05, 3.63) is 35.7 Å². The molecular formula is C15H19N3O2S. The van der Waals surface area contributed by atoms with Gasteiger partial charge in [0.2, 0.25) is 5.89 Å². The number of benzene rings is 1. The second kappa shape index (κ2) is 6.95. The van der Waals surface area contributed by atoms with Gasteiger partial charge in [-0.05, 0) is 43.6 Å². The average Bonchev–Trinajstić information content (AvgIpc) is 3.03. The van der Waals surface area contributed by atoms with Crippen LogP contribution >= 0.6 is 11.8 Å². The number of thioether (sulfide) groups is 1. The van der Waals surface area contributed by atoms with Gasteiger partial charge in [-0.3, -0.25) is 0 Å². The highest BCUT2D eigenvalue weighted by atomic mass is 32.2. The van der Waals surface area contributed by atoms with Crippen LogP contribution in [-0.2, 0) is 5.75 Å². The fourth-order valence-electron chi connectivity index (χ4n) is 2.38. The summed E-state index contributed by atoms with van der Waals surface area (Å²) in [5, 5.41) is 12.3. The summed E-state index contributed by atoms with van der Waals surface area (Å²) in [5.74, 6) is 2.88. The molecule has 2 heterocycles. The molecule has 0 aliphatic carbocycles. The van der Waals surface area contributed by atoms with Gasteiger partial charge in [0, 0.05) is 11.7 Å². The molecular weight excluding hydrogens is 286 g/mol. The molecule has 0 bridgehead atoms. The minimum Gasteiger partial charge on any atom is -0.497 e. The SMILES string of the molecule is COc1ccc(CSc2nnc(C3CCNCC3)o2)cc1. The molecule has 3 rings (SSSR count). The Hall–Kier alpha value is -1.53. The van der Waals surface area contributed by atoms with Gasteiger partial charge in [-0.2, -0.15) is 0 Å². The Morgan fingerprint density at radius 3 is 2.71 bits per heavy atom. The van der Waals surface area contributed by atoms with Gasteiger partial charge in [0.1, 0.15) is 5.75 Å². The zero-order valence-electron chi connectivity index (χ0n) is 12.0. The van der Waals surface area contributed by atoms with Crippen molar-refractivity contribution in [1.82, 2.24) is 15.5 Å². The van der Waals surface area contributed by atoms with Crippen LogP contribution < -0.4 is 10.1 Å². The first-order valence-corrected chi connectivity index (χ1v) is 8.13. The minimum atomic E-state index is 0.411. The second-order valence-corrected chi connectivity index (χ2v) is 5.99. The zero-order chi connectivity index (χ0) is 14.5. The van der Waals surface area contributed by atoms with Gasteiger partial charge >= 0.3 is 0 Å². The van der Waals surface area contributed by atoms with Gasteiger partial charge in [-0.15, -0.1) is 10.2 Å². The first-order chi connectivity index (χ1) is 10.3. The van der Waals surface area contributed by atoms with Crippen molar-refractivity contribution in [1.29, 1.82) is 0 Å². The lowest BCUT2D eigenvalue weighted by Gasteiger charge is -2.18. The van der Waals surface area contributed by atoms with Crippen molar-refractivity contribution in [2.24, 2.45) is 0 Å². The van der Waals surface area contributed by atoms with Crippen LogP contribution in [0.15, 0.2) is 33.9 Å². The Balaban J connectivity index is 1.56. The van der Waals surface area contributed by atoms with E-state index in [0.29, 0.717) is 11.1 Å². The number of piperidine rings is 1. The predicted molar refractivity (Wildman–Crippen MR) is 81.7 cm³/mol. The standard InChI is InChI=1S/C15H19N3O2S/c1-19-13-4-2-11(3-5-13)10-21-15-18-17-14(20-15)12-6-8-16-9-7-12/h2-5,12,16H,6-10H2,1H3. The molecule has 2 aromatic rings. The van der Waals surface area contributed by atoms with E-state index in [-0.39, 0.29) is 0 Å². The van der Waals surface area contributed by atoms with Crippen LogP contribution in [0, 0.1) is 0 Å². The Morgan fingerprint density at radius 2 is 2.00 bits per heavy atom. The number of rotatable bonds is 5. The summed E-state index contributed by atoms with van der Waals surface area (Å²) in [6, 6.07) is 8.03. The first-order valence-electron chi connectivity index (χ1n) is 7.15. The van der Waals surface area contributed by atoms with Crippen LogP contribution in [0.1, 0.15) is 30.2 Å². The molecule has 112 valence electrons. The van der Waals surface area contributed by atoms with Gasteiger partial charge in [-0.25, -0.2) is 0 Å². The fourth-order valence-corrected chi connectivity index (χ4v) is 3.10. The lowest BCUT2D eigenvalue weighted by atomic mass is 9.98. The molecule has 1 aromatic heterocycles. The van der Waals surface area contributed by atoms with Gasteiger partial charge in [0.05, 0.1) is 7.11 Å². The fraction of sp³-hybridized carbons (Fsp3) is 0.467. The van der Waals surface area contributed by atoms with E-state index in [2.05, 4.69) is 27.6 Å². The molecule has 0 spiro atoms. The third-order valence-electron chi connectivity index (χ3n) is 3.63. The highest BCUT2D eigenvalue weighted by Crippen LogP contribution is 2.28. The number of ether oxygens (including phenoxy) is 1. The van der Waals surface area contributed by atoms with E-state index in [9.17, 15) is 0 Å². The van der Waals surface area contributed by atoms with Crippen molar-refractivity contribution >= 4 is 11.8 Å². The number of nitrogens with one attached hydrogen (secondary N) is 1. The minimum absolute atomic E-state index is 0.411. The molecule has 5 nitrogen and oxygen atoms in total. The van der Waals surface area contributed by atoms with Gasteiger partial charge in [0.25, 0.3) is 5.22 Å². The maximum atomic E-state index is 5.78. The molecule has 0 saturated carbocycles. The summed E-state index contributed by atoms with van der Waals surface area (Å²) in [4.78, 5) is 0. The Bertz CT molecular complexity index is 565. The third kappa shape index (κ3) is 3.77. The van der Waals surface area contributed by atoms with E-state index >= 15 is 0 Å². The van der Waals surface area contributed by atoms with E-state index in [1.165, 1.54) is 5.56 Å². The summed E-state index contributed by atoms with van der Waals surface area (Å²) < 4.78 is 10.9. The van der Waals surface area contributed by atoms with Crippen molar-refractivity contribution in [2.45, 2.75) is 29.7 Å². The van der Waals surface area contributed by atoms with E-state index in [1.54, 1.807) is 18.9 Å². The molecule has 0 radical (unpaired) electrons. The van der Waals surface area contributed by atoms with E-state index in [0.717, 1.165) is 43.3 Å². The van der Waals surface area contributed by atoms with Crippen LogP contribution in [0.25, 0.3) is 0 Å². The molecule has 1 N–H and O–H groups in total. The van der Waals surface area contributed by atoms with Crippen LogP contribution in [0.2, 0.25) is 0 Å². The summed E-state index contributed by atoms with van der Waals surface area (Å²) in [5.41, 5.74) is 1.21. The quantitative estimate of drug-likeness (QED) is 0.857. The van der Waals surface area contributed by atoms with Crippen molar-refractivity contribution < 1.29 is 9.15 Å². The molecule has 6 heteroatoms. The van der Waals surface area contributed by atoms with Gasteiger partial charge in [0.15, 0.2) is 0 Å². The molecule has 0 unspecified atom stereocenters. The molecule has 0 amide bonds. The molecule has 1 aliphatic heterocycles. The van der Waals surface area contributed by atoms with Crippen LogP contribution in [0.5, 0.6) is 5.75 Å². The van der Waals surface area contributed by atoms with Gasteiger partial charge < -0.3 is 14.5 Å². The molecule has 1 aliphatic rings. The van der Waals surface area contributed by atoms with Crippen molar-refractivity contribution in [2.75, 3.05) is 20.2 Å². The average molecular weight is 305 g/mol. The number of nitrogens with zero attached hydrogens (tertiary/aromatic N) is 2. The highest BCUT2D eigenvalue weighted by Gasteiger charge is 2.21. The molecule has 21 heavy (non-hydrogen) atoms. The Kier molecular flexibility index (Phi) is 4.77. The zero-order valence-corrected chi connectivity index (χ0v) is 12.9. The molecule has 1 saturated heterocycles.